The first-order chi connectivity index (χ1) is 11.0. The number of nitrogens with one attached hydrogen (secondary N) is 1. The van der Waals surface area contributed by atoms with Crippen LogP contribution in [0, 0.1) is 11.3 Å². The summed E-state index contributed by atoms with van der Waals surface area (Å²) in [6.45, 7) is 4.56. The van der Waals surface area contributed by atoms with Gasteiger partial charge in [0.05, 0.1) is 12.0 Å². The maximum Gasteiger partial charge on any atom is 0.241 e. The topological polar surface area (TPSA) is 69.7 Å². The van der Waals surface area contributed by atoms with Gasteiger partial charge < -0.3 is 15.1 Å². The van der Waals surface area contributed by atoms with E-state index >= 15 is 0 Å². The number of carbonyl (C=O) groups excluding carboxylic acids is 3. The van der Waals surface area contributed by atoms with Crippen molar-refractivity contribution >= 4 is 17.7 Å². The van der Waals surface area contributed by atoms with Crippen LogP contribution in [0.4, 0.5) is 0 Å². The summed E-state index contributed by atoms with van der Waals surface area (Å²) in [4.78, 5) is 39.8. The Balaban J connectivity index is 1.54. The van der Waals surface area contributed by atoms with Crippen LogP contribution in [0.15, 0.2) is 0 Å². The lowest BCUT2D eigenvalue weighted by atomic mass is 9.71. The van der Waals surface area contributed by atoms with E-state index in [1.807, 2.05) is 0 Å². The lowest BCUT2D eigenvalue weighted by Gasteiger charge is -2.46. The third-order valence-electron chi connectivity index (χ3n) is 5.56. The summed E-state index contributed by atoms with van der Waals surface area (Å²) in [5.74, 6) is 0.816. The minimum Gasteiger partial charge on any atom is -0.347 e. The molecule has 1 aliphatic carbocycles. The fraction of sp³-hybridized carbons (Fsp3) is 0.824. The largest absolute Gasteiger partial charge is 0.347 e. The molecule has 3 fully saturated rings. The summed E-state index contributed by atoms with van der Waals surface area (Å²) in [7, 11) is 0. The summed E-state index contributed by atoms with van der Waals surface area (Å²) in [6, 6.07) is 0. The van der Waals surface area contributed by atoms with Crippen LogP contribution in [0.25, 0.3) is 0 Å². The average molecular weight is 321 g/mol. The molecule has 6 heteroatoms. The molecule has 0 radical (unpaired) electrons. The Kier molecular flexibility index (Phi) is 4.60. The second-order valence-corrected chi connectivity index (χ2v) is 7.37. The maximum atomic E-state index is 12.9. The first-order valence-electron chi connectivity index (χ1n) is 8.82. The molecular weight excluding hydrogens is 294 g/mol. The zero-order valence-corrected chi connectivity index (χ0v) is 14.0. The number of likely N-dealkylation sites (tertiary alicyclic amines) is 2. The highest BCUT2D eigenvalue weighted by molar-refractivity contribution is 5.85. The second kappa shape index (κ2) is 6.49. The minimum atomic E-state index is -0.238. The number of amides is 3. The third-order valence-corrected chi connectivity index (χ3v) is 5.56. The highest BCUT2D eigenvalue weighted by atomic mass is 16.2. The van der Waals surface area contributed by atoms with Gasteiger partial charge in [0.1, 0.15) is 0 Å². The Morgan fingerprint density at radius 3 is 2.48 bits per heavy atom. The highest BCUT2D eigenvalue weighted by Gasteiger charge is 2.46. The van der Waals surface area contributed by atoms with Crippen molar-refractivity contribution in [2.24, 2.45) is 11.3 Å². The van der Waals surface area contributed by atoms with Crippen molar-refractivity contribution in [3.05, 3.63) is 0 Å². The summed E-state index contributed by atoms with van der Waals surface area (Å²) in [5.41, 5.74) is -0.238. The molecule has 1 saturated carbocycles. The third kappa shape index (κ3) is 3.67. The SMILES string of the molecule is CC(=O)NCC(=O)N1CCC2(CCCN(CC3CC3)C2=O)CC1. The number of rotatable bonds is 4. The molecule has 0 bridgehead atoms. The zero-order valence-electron chi connectivity index (χ0n) is 14.0. The van der Waals surface area contributed by atoms with Crippen LogP contribution in [0.2, 0.25) is 0 Å². The standard InChI is InChI=1S/C17H27N3O3/c1-13(21)18-11-15(22)19-9-6-17(7-10-19)5-2-8-20(16(17)23)12-14-3-4-14/h14H,2-12H2,1H3,(H,18,21). The van der Waals surface area contributed by atoms with Crippen LogP contribution in [0.3, 0.4) is 0 Å². The molecule has 0 aromatic rings. The molecule has 1 spiro atoms. The van der Waals surface area contributed by atoms with E-state index in [2.05, 4.69) is 10.2 Å². The minimum absolute atomic E-state index is 0.0480. The molecular formula is C17H27N3O3. The molecule has 0 atom stereocenters. The Labute approximate surface area is 137 Å². The van der Waals surface area contributed by atoms with Gasteiger partial charge in [-0.05, 0) is 44.4 Å². The van der Waals surface area contributed by atoms with Crippen molar-refractivity contribution in [1.82, 2.24) is 15.1 Å². The number of hydrogen-bond donors (Lipinski definition) is 1. The van der Waals surface area contributed by atoms with E-state index in [-0.39, 0.29) is 23.8 Å². The molecule has 0 unspecified atom stereocenters. The number of hydrogen-bond acceptors (Lipinski definition) is 3. The Morgan fingerprint density at radius 1 is 1.17 bits per heavy atom. The monoisotopic (exact) mass is 321 g/mol. The second-order valence-electron chi connectivity index (χ2n) is 7.37. The predicted molar refractivity (Wildman–Crippen MR) is 85.5 cm³/mol. The molecule has 23 heavy (non-hydrogen) atoms. The fourth-order valence-corrected chi connectivity index (χ4v) is 3.90. The predicted octanol–water partition coefficient (Wildman–Crippen LogP) is 0.764. The van der Waals surface area contributed by atoms with E-state index in [0.717, 1.165) is 44.7 Å². The van der Waals surface area contributed by atoms with E-state index in [0.29, 0.717) is 19.0 Å². The van der Waals surface area contributed by atoms with Crippen molar-refractivity contribution in [2.75, 3.05) is 32.7 Å². The fourth-order valence-electron chi connectivity index (χ4n) is 3.90. The van der Waals surface area contributed by atoms with Gasteiger partial charge in [0.25, 0.3) is 0 Å². The van der Waals surface area contributed by atoms with E-state index in [1.54, 1.807) is 4.90 Å². The van der Waals surface area contributed by atoms with Gasteiger partial charge in [-0.15, -0.1) is 0 Å². The number of piperidine rings is 2. The first kappa shape index (κ1) is 16.3. The van der Waals surface area contributed by atoms with Crippen molar-refractivity contribution < 1.29 is 14.4 Å². The van der Waals surface area contributed by atoms with Crippen LogP contribution in [0.1, 0.15) is 45.4 Å². The van der Waals surface area contributed by atoms with E-state index in [4.69, 9.17) is 0 Å². The lowest BCUT2D eigenvalue weighted by Crippen LogP contribution is -2.55. The molecule has 3 rings (SSSR count). The van der Waals surface area contributed by atoms with Gasteiger partial charge in [0, 0.05) is 33.1 Å². The van der Waals surface area contributed by atoms with Gasteiger partial charge in [0.15, 0.2) is 0 Å². The van der Waals surface area contributed by atoms with Gasteiger partial charge in [-0.25, -0.2) is 0 Å². The van der Waals surface area contributed by atoms with Crippen LogP contribution in [0.5, 0.6) is 0 Å². The Morgan fingerprint density at radius 2 is 1.87 bits per heavy atom. The molecule has 0 aromatic heterocycles. The van der Waals surface area contributed by atoms with E-state index in [9.17, 15) is 14.4 Å². The molecule has 128 valence electrons. The molecule has 3 aliphatic rings. The molecule has 0 aromatic carbocycles. The maximum absolute atomic E-state index is 12.9. The van der Waals surface area contributed by atoms with E-state index in [1.165, 1.54) is 19.8 Å². The molecule has 2 heterocycles. The Hall–Kier alpha value is -1.59. The smallest absolute Gasteiger partial charge is 0.241 e. The molecule has 2 saturated heterocycles. The quantitative estimate of drug-likeness (QED) is 0.831. The number of carbonyl (C=O) groups is 3. The lowest BCUT2D eigenvalue weighted by molar-refractivity contribution is -0.152. The van der Waals surface area contributed by atoms with Crippen LogP contribution < -0.4 is 5.32 Å². The molecule has 1 N–H and O–H groups in total. The van der Waals surface area contributed by atoms with Crippen molar-refractivity contribution in [3.63, 3.8) is 0 Å². The van der Waals surface area contributed by atoms with Gasteiger partial charge in [-0.1, -0.05) is 0 Å². The van der Waals surface area contributed by atoms with Crippen molar-refractivity contribution in [3.8, 4) is 0 Å². The zero-order chi connectivity index (χ0) is 16.4. The summed E-state index contributed by atoms with van der Waals surface area (Å²) >= 11 is 0. The van der Waals surface area contributed by atoms with Gasteiger partial charge in [0.2, 0.25) is 17.7 Å². The normalized spacial score (nSPS) is 24.0. The van der Waals surface area contributed by atoms with Gasteiger partial charge >= 0.3 is 0 Å². The molecule has 3 amide bonds. The van der Waals surface area contributed by atoms with E-state index < -0.39 is 0 Å². The summed E-state index contributed by atoms with van der Waals surface area (Å²) < 4.78 is 0. The van der Waals surface area contributed by atoms with Crippen molar-refractivity contribution in [1.29, 1.82) is 0 Å². The van der Waals surface area contributed by atoms with Gasteiger partial charge in [-0.3, -0.25) is 14.4 Å². The Bertz CT molecular complexity index is 493. The highest BCUT2D eigenvalue weighted by Crippen LogP contribution is 2.42. The van der Waals surface area contributed by atoms with Crippen LogP contribution in [-0.4, -0.2) is 60.2 Å². The average Bonchev–Trinajstić information content (AvgIpc) is 3.34. The van der Waals surface area contributed by atoms with Gasteiger partial charge in [-0.2, -0.15) is 0 Å². The van der Waals surface area contributed by atoms with Crippen LogP contribution in [-0.2, 0) is 14.4 Å². The number of nitrogens with zero attached hydrogens (tertiary/aromatic N) is 2. The van der Waals surface area contributed by atoms with Crippen molar-refractivity contribution in [2.45, 2.75) is 45.4 Å². The molecule has 2 aliphatic heterocycles. The molecule has 6 nitrogen and oxygen atoms in total. The summed E-state index contributed by atoms with van der Waals surface area (Å²) in [6.07, 6.45) is 6.10. The summed E-state index contributed by atoms with van der Waals surface area (Å²) in [5, 5.41) is 2.55. The van der Waals surface area contributed by atoms with Crippen LogP contribution >= 0.6 is 0 Å². The first-order valence-corrected chi connectivity index (χ1v) is 8.82.